The van der Waals surface area contributed by atoms with E-state index in [0.29, 0.717) is 13.1 Å². The Bertz CT molecular complexity index is 751. The van der Waals surface area contributed by atoms with Gasteiger partial charge in [-0.15, -0.1) is 11.3 Å². The zero-order valence-electron chi connectivity index (χ0n) is 13.6. The van der Waals surface area contributed by atoms with Crippen molar-refractivity contribution < 1.29 is 4.79 Å². The van der Waals surface area contributed by atoms with E-state index in [9.17, 15) is 4.79 Å². The van der Waals surface area contributed by atoms with Crippen LogP contribution >= 0.6 is 11.3 Å². The molecule has 5 nitrogen and oxygen atoms in total. The first-order valence-electron chi connectivity index (χ1n) is 7.77. The second-order valence-corrected chi connectivity index (χ2v) is 6.65. The molecule has 0 unspecified atom stereocenters. The van der Waals surface area contributed by atoms with Gasteiger partial charge in [0, 0.05) is 30.9 Å². The van der Waals surface area contributed by atoms with E-state index in [1.807, 2.05) is 53.6 Å². The largest absolute Gasteiger partial charge is 0.334 e. The van der Waals surface area contributed by atoms with E-state index in [4.69, 9.17) is 0 Å². The number of hydrogen-bond donors (Lipinski definition) is 1. The van der Waals surface area contributed by atoms with Crippen LogP contribution in [0.5, 0.6) is 0 Å². The first-order chi connectivity index (χ1) is 11.7. The highest BCUT2D eigenvalue weighted by atomic mass is 32.1. The molecule has 6 heteroatoms. The molecular weight excluding hydrogens is 320 g/mol. The molecule has 0 fully saturated rings. The van der Waals surface area contributed by atoms with Crippen LogP contribution in [0.25, 0.3) is 0 Å². The summed E-state index contributed by atoms with van der Waals surface area (Å²) in [6.07, 6.45) is 3.72. The fourth-order valence-electron chi connectivity index (χ4n) is 2.36. The Kier molecular flexibility index (Phi) is 5.28. The summed E-state index contributed by atoms with van der Waals surface area (Å²) < 4.78 is 1.89. The van der Waals surface area contributed by atoms with Gasteiger partial charge in [-0.2, -0.15) is 5.10 Å². The molecule has 124 valence electrons. The Morgan fingerprint density at radius 2 is 2.00 bits per heavy atom. The zero-order chi connectivity index (χ0) is 16.8. The Hall–Kier alpha value is -2.60. The average Bonchev–Trinajstić information content (AvgIpc) is 3.28. The van der Waals surface area contributed by atoms with Crippen molar-refractivity contribution in [3.8, 4) is 0 Å². The van der Waals surface area contributed by atoms with Gasteiger partial charge in [0.05, 0.1) is 13.1 Å². The fraction of sp³-hybridized carbons (Fsp3) is 0.222. The van der Waals surface area contributed by atoms with Gasteiger partial charge in [0.25, 0.3) is 0 Å². The summed E-state index contributed by atoms with van der Waals surface area (Å²) in [5.74, 6) is 0. The summed E-state index contributed by atoms with van der Waals surface area (Å²) in [7, 11) is 1.81. The first kappa shape index (κ1) is 16.3. The Morgan fingerprint density at radius 3 is 2.67 bits per heavy atom. The molecule has 0 spiro atoms. The maximum Gasteiger partial charge on any atom is 0.317 e. The minimum absolute atomic E-state index is 0.0657. The lowest BCUT2D eigenvalue weighted by atomic mass is 10.1. The summed E-state index contributed by atoms with van der Waals surface area (Å²) in [6.45, 7) is 1.91. The number of carbonyl (C=O) groups excluding carboxylic acids is 1. The van der Waals surface area contributed by atoms with Gasteiger partial charge in [-0.25, -0.2) is 4.79 Å². The van der Waals surface area contributed by atoms with Gasteiger partial charge in [-0.1, -0.05) is 30.3 Å². The lowest BCUT2D eigenvalue weighted by Gasteiger charge is -2.17. The van der Waals surface area contributed by atoms with E-state index in [1.165, 1.54) is 10.4 Å². The summed E-state index contributed by atoms with van der Waals surface area (Å²) in [4.78, 5) is 15.0. The van der Waals surface area contributed by atoms with Crippen LogP contribution in [-0.2, 0) is 19.6 Å². The SMILES string of the molecule is CN(Cc1cccs1)C(=O)NCc1ccc(Cn2cccn2)cc1. The van der Waals surface area contributed by atoms with Crippen molar-refractivity contribution >= 4 is 17.4 Å². The molecule has 2 aromatic heterocycles. The molecule has 3 aromatic rings. The number of amides is 2. The Labute approximate surface area is 145 Å². The summed E-state index contributed by atoms with van der Waals surface area (Å²) >= 11 is 1.66. The third-order valence-electron chi connectivity index (χ3n) is 3.69. The summed E-state index contributed by atoms with van der Waals surface area (Å²) in [6, 6.07) is 14.1. The summed E-state index contributed by atoms with van der Waals surface area (Å²) in [5, 5.41) is 9.17. The Balaban J connectivity index is 1.48. The molecule has 0 saturated heterocycles. The number of aromatic nitrogens is 2. The molecule has 0 saturated carbocycles. The smallest absolute Gasteiger partial charge is 0.317 e. The first-order valence-corrected chi connectivity index (χ1v) is 8.65. The predicted octanol–water partition coefficient (Wildman–Crippen LogP) is 3.33. The maximum absolute atomic E-state index is 12.1. The molecule has 0 aliphatic heterocycles. The molecule has 1 aromatic carbocycles. The molecule has 3 rings (SSSR count). The number of carbonyl (C=O) groups is 1. The van der Waals surface area contributed by atoms with Crippen molar-refractivity contribution in [1.29, 1.82) is 0 Å². The van der Waals surface area contributed by atoms with Gasteiger partial charge in [0.15, 0.2) is 0 Å². The number of nitrogens with zero attached hydrogens (tertiary/aromatic N) is 3. The van der Waals surface area contributed by atoms with Crippen LogP contribution in [0.1, 0.15) is 16.0 Å². The van der Waals surface area contributed by atoms with Crippen molar-refractivity contribution in [2.75, 3.05) is 7.05 Å². The molecule has 2 heterocycles. The van der Waals surface area contributed by atoms with Crippen molar-refractivity contribution in [2.24, 2.45) is 0 Å². The van der Waals surface area contributed by atoms with Crippen LogP contribution in [0.3, 0.4) is 0 Å². The molecule has 0 bridgehead atoms. The normalized spacial score (nSPS) is 10.5. The highest BCUT2D eigenvalue weighted by Crippen LogP contribution is 2.11. The van der Waals surface area contributed by atoms with Crippen LogP contribution in [0.15, 0.2) is 60.2 Å². The zero-order valence-corrected chi connectivity index (χ0v) is 14.4. The van der Waals surface area contributed by atoms with Crippen molar-refractivity contribution in [2.45, 2.75) is 19.6 Å². The van der Waals surface area contributed by atoms with Crippen molar-refractivity contribution in [1.82, 2.24) is 20.0 Å². The highest BCUT2D eigenvalue weighted by molar-refractivity contribution is 7.09. The molecule has 2 amide bonds. The van der Waals surface area contributed by atoms with E-state index in [-0.39, 0.29) is 6.03 Å². The fourth-order valence-corrected chi connectivity index (χ4v) is 3.12. The third-order valence-corrected chi connectivity index (χ3v) is 4.55. The van der Waals surface area contributed by atoms with E-state index in [2.05, 4.69) is 22.5 Å². The molecule has 0 atom stereocenters. The quantitative estimate of drug-likeness (QED) is 0.748. The highest BCUT2D eigenvalue weighted by Gasteiger charge is 2.09. The topological polar surface area (TPSA) is 50.2 Å². The van der Waals surface area contributed by atoms with E-state index >= 15 is 0 Å². The van der Waals surface area contributed by atoms with Crippen molar-refractivity contribution in [3.63, 3.8) is 0 Å². The predicted molar refractivity (Wildman–Crippen MR) is 95.8 cm³/mol. The van der Waals surface area contributed by atoms with Gasteiger partial charge in [-0.3, -0.25) is 4.68 Å². The lowest BCUT2D eigenvalue weighted by Crippen LogP contribution is -2.36. The van der Waals surface area contributed by atoms with Gasteiger partial charge in [-0.05, 0) is 28.6 Å². The minimum atomic E-state index is -0.0657. The molecule has 0 aliphatic carbocycles. The second-order valence-electron chi connectivity index (χ2n) is 5.61. The molecular formula is C18H20N4OS. The van der Waals surface area contributed by atoms with E-state index in [1.54, 1.807) is 22.4 Å². The van der Waals surface area contributed by atoms with Crippen LogP contribution in [0, 0.1) is 0 Å². The maximum atomic E-state index is 12.1. The monoisotopic (exact) mass is 340 g/mol. The average molecular weight is 340 g/mol. The van der Waals surface area contributed by atoms with Gasteiger partial charge in [0.2, 0.25) is 0 Å². The third kappa shape index (κ3) is 4.45. The van der Waals surface area contributed by atoms with E-state index in [0.717, 1.165) is 12.1 Å². The number of urea groups is 1. The Morgan fingerprint density at radius 1 is 1.21 bits per heavy atom. The molecule has 0 aliphatic rings. The second kappa shape index (κ2) is 7.79. The molecule has 0 radical (unpaired) electrons. The van der Waals surface area contributed by atoms with E-state index < -0.39 is 0 Å². The number of rotatable bonds is 6. The van der Waals surface area contributed by atoms with Crippen LogP contribution in [-0.4, -0.2) is 27.8 Å². The van der Waals surface area contributed by atoms with Gasteiger partial charge in [0.1, 0.15) is 0 Å². The standard InChI is InChI=1S/C18H20N4OS/c1-21(14-17-4-2-11-24-17)18(23)19-12-15-5-7-16(8-6-15)13-22-10-3-9-20-22/h2-11H,12-14H2,1H3,(H,19,23). The van der Waals surface area contributed by atoms with Crippen LogP contribution in [0.2, 0.25) is 0 Å². The van der Waals surface area contributed by atoms with Crippen LogP contribution < -0.4 is 5.32 Å². The number of benzene rings is 1. The minimum Gasteiger partial charge on any atom is -0.334 e. The number of nitrogens with one attached hydrogen (secondary N) is 1. The molecule has 24 heavy (non-hydrogen) atoms. The summed E-state index contributed by atoms with van der Waals surface area (Å²) in [5.41, 5.74) is 2.26. The lowest BCUT2D eigenvalue weighted by molar-refractivity contribution is 0.207. The van der Waals surface area contributed by atoms with Gasteiger partial charge >= 0.3 is 6.03 Å². The molecule has 1 N–H and O–H groups in total. The van der Waals surface area contributed by atoms with Crippen LogP contribution in [0.4, 0.5) is 4.79 Å². The number of thiophene rings is 1. The van der Waals surface area contributed by atoms with Crippen molar-refractivity contribution in [3.05, 3.63) is 76.2 Å². The number of hydrogen-bond acceptors (Lipinski definition) is 3. The van der Waals surface area contributed by atoms with Gasteiger partial charge < -0.3 is 10.2 Å².